The standard InChI is InChI=1S/C15H22ClN3OSi/c1-21(2,3)9-8-20-11-19-7-6-18-15(19)13-10-12(16)4-5-14(13)17/h4-7,10H,8-9,11,17H2,1-3H3. The Labute approximate surface area is 131 Å². The average Bonchev–Trinajstić information content (AvgIpc) is 2.85. The van der Waals surface area contributed by atoms with Gasteiger partial charge in [-0.05, 0) is 24.2 Å². The van der Waals surface area contributed by atoms with E-state index in [1.807, 2.05) is 16.8 Å². The third-order valence-corrected chi connectivity index (χ3v) is 5.14. The fourth-order valence-electron chi connectivity index (χ4n) is 1.92. The highest BCUT2D eigenvalue weighted by atomic mass is 35.5. The quantitative estimate of drug-likeness (QED) is 0.494. The van der Waals surface area contributed by atoms with Crippen LogP contribution in [0.3, 0.4) is 0 Å². The van der Waals surface area contributed by atoms with Crippen molar-refractivity contribution in [1.29, 1.82) is 0 Å². The molecular formula is C15H22ClN3OSi. The summed E-state index contributed by atoms with van der Waals surface area (Å²) in [4.78, 5) is 4.37. The van der Waals surface area contributed by atoms with E-state index in [1.165, 1.54) is 0 Å². The highest BCUT2D eigenvalue weighted by Crippen LogP contribution is 2.27. The lowest BCUT2D eigenvalue weighted by Crippen LogP contribution is -2.22. The van der Waals surface area contributed by atoms with Crippen molar-refractivity contribution in [2.75, 3.05) is 12.3 Å². The minimum absolute atomic E-state index is 0.478. The number of benzene rings is 1. The summed E-state index contributed by atoms with van der Waals surface area (Å²) in [5.41, 5.74) is 7.51. The highest BCUT2D eigenvalue weighted by molar-refractivity contribution is 6.76. The molecule has 2 aromatic rings. The van der Waals surface area contributed by atoms with Gasteiger partial charge in [0, 0.05) is 43.3 Å². The van der Waals surface area contributed by atoms with Crippen molar-refractivity contribution in [1.82, 2.24) is 9.55 Å². The Morgan fingerprint density at radius 1 is 1.33 bits per heavy atom. The lowest BCUT2D eigenvalue weighted by Gasteiger charge is -2.16. The zero-order valence-corrected chi connectivity index (χ0v) is 14.5. The zero-order valence-electron chi connectivity index (χ0n) is 12.8. The van der Waals surface area contributed by atoms with Gasteiger partial charge < -0.3 is 15.0 Å². The Morgan fingerprint density at radius 3 is 2.81 bits per heavy atom. The monoisotopic (exact) mass is 323 g/mol. The van der Waals surface area contributed by atoms with Crippen LogP contribution in [0, 0.1) is 0 Å². The first-order valence-corrected chi connectivity index (χ1v) is 11.1. The maximum Gasteiger partial charge on any atom is 0.143 e. The molecule has 114 valence electrons. The predicted octanol–water partition coefficient (Wildman–Crippen LogP) is 4.10. The molecule has 0 unspecified atom stereocenters. The third kappa shape index (κ3) is 4.59. The van der Waals surface area contributed by atoms with Crippen LogP contribution in [0.5, 0.6) is 0 Å². The molecule has 1 heterocycles. The Bertz CT molecular complexity index is 607. The Kier molecular flexibility index (Phi) is 5.08. The minimum atomic E-state index is -1.06. The second-order valence-electron chi connectivity index (χ2n) is 6.30. The molecule has 4 nitrogen and oxygen atoms in total. The molecule has 0 radical (unpaired) electrons. The van der Waals surface area contributed by atoms with E-state index in [4.69, 9.17) is 22.1 Å². The second kappa shape index (κ2) is 6.64. The predicted molar refractivity (Wildman–Crippen MR) is 91.2 cm³/mol. The summed E-state index contributed by atoms with van der Waals surface area (Å²) in [6.45, 7) is 8.27. The minimum Gasteiger partial charge on any atom is -0.398 e. The molecule has 0 atom stereocenters. The first kappa shape index (κ1) is 16.1. The molecule has 2 N–H and O–H groups in total. The van der Waals surface area contributed by atoms with Crippen molar-refractivity contribution >= 4 is 25.4 Å². The maximum atomic E-state index is 6.04. The first-order chi connectivity index (χ1) is 9.87. The smallest absolute Gasteiger partial charge is 0.143 e. The molecule has 21 heavy (non-hydrogen) atoms. The van der Waals surface area contributed by atoms with Crippen molar-refractivity contribution in [3.05, 3.63) is 35.6 Å². The summed E-state index contributed by atoms with van der Waals surface area (Å²) in [5, 5.41) is 0.647. The number of nitrogen functional groups attached to an aromatic ring is 1. The fraction of sp³-hybridized carbons (Fsp3) is 0.400. The largest absolute Gasteiger partial charge is 0.398 e. The van der Waals surface area contributed by atoms with Gasteiger partial charge in [0.2, 0.25) is 0 Å². The molecule has 1 aromatic heterocycles. The number of hydrogen-bond acceptors (Lipinski definition) is 3. The van der Waals surface area contributed by atoms with Gasteiger partial charge in [0.15, 0.2) is 0 Å². The van der Waals surface area contributed by atoms with Gasteiger partial charge in [-0.1, -0.05) is 31.2 Å². The van der Waals surface area contributed by atoms with Crippen LogP contribution in [0.1, 0.15) is 0 Å². The van der Waals surface area contributed by atoms with E-state index in [2.05, 4.69) is 24.6 Å². The van der Waals surface area contributed by atoms with E-state index in [0.717, 1.165) is 24.0 Å². The number of nitrogens with two attached hydrogens (primary N) is 1. The first-order valence-electron chi connectivity index (χ1n) is 7.01. The molecule has 0 fully saturated rings. The van der Waals surface area contributed by atoms with Crippen molar-refractivity contribution < 1.29 is 4.74 Å². The molecule has 0 amide bonds. The normalized spacial score (nSPS) is 11.8. The number of halogens is 1. The van der Waals surface area contributed by atoms with E-state index in [1.54, 1.807) is 18.3 Å². The number of hydrogen-bond donors (Lipinski definition) is 1. The molecule has 0 spiro atoms. The van der Waals surface area contributed by atoms with Gasteiger partial charge in [0.05, 0.1) is 0 Å². The summed E-state index contributed by atoms with van der Waals surface area (Å²) in [6, 6.07) is 6.55. The van der Waals surface area contributed by atoms with Gasteiger partial charge in [-0.25, -0.2) is 4.98 Å². The number of ether oxygens (including phenoxy) is 1. The van der Waals surface area contributed by atoms with E-state index in [9.17, 15) is 0 Å². The molecule has 0 aliphatic heterocycles. The Morgan fingerprint density at radius 2 is 2.10 bits per heavy atom. The van der Waals surface area contributed by atoms with E-state index in [0.29, 0.717) is 17.4 Å². The van der Waals surface area contributed by atoms with Crippen molar-refractivity contribution in [3.63, 3.8) is 0 Å². The zero-order chi connectivity index (χ0) is 15.5. The molecule has 0 bridgehead atoms. The maximum absolute atomic E-state index is 6.04. The van der Waals surface area contributed by atoms with Crippen LogP contribution in [0.2, 0.25) is 30.7 Å². The molecule has 0 saturated carbocycles. The van der Waals surface area contributed by atoms with Crippen LogP contribution in [0.4, 0.5) is 5.69 Å². The van der Waals surface area contributed by atoms with Crippen LogP contribution >= 0.6 is 11.6 Å². The second-order valence-corrected chi connectivity index (χ2v) is 12.4. The number of anilines is 1. The lowest BCUT2D eigenvalue weighted by molar-refractivity contribution is 0.0883. The average molecular weight is 324 g/mol. The van der Waals surface area contributed by atoms with Gasteiger partial charge in [0.1, 0.15) is 12.6 Å². The summed E-state index contributed by atoms with van der Waals surface area (Å²) in [6.07, 6.45) is 3.64. The van der Waals surface area contributed by atoms with Crippen LogP contribution in [0.25, 0.3) is 11.4 Å². The number of imidazole rings is 1. The van der Waals surface area contributed by atoms with E-state index < -0.39 is 8.07 Å². The van der Waals surface area contributed by atoms with E-state index >= 15 is 0 Å². The van der Waals surface area contributed by atoms with Crippen LogP contribution in [-0.2, 0) is 11.5 Å². The van der Waals surface area contributed by atoms with Crippen molar-refractivity contribution in [2.24, 2.45) is 0 Å². The molecule has 0 aliphatic carbocycles. The molecule has 6 heteroatoms. The highest BCUT2D eigenvalue weighted by Gasteiger charge is 2.13. The van der Waals surface area contributed by atoms with Gasteiger partial charge in [0.25, 0.3) is 0 Å². The van der Waals surface area contributed by atoms with Gasteiger partial charge in [-0.2, -0.15) is 0 Å². The summed E-state index contributed by atoms with van der Waals surface area (Å²) >= 11 is 6.04. The molecule has 1 aromatic carbocycles. The van der Waals surface area contributed by atoms with Crippen molar-refractivity contribution in [2.45, 2.75) is 32.4 Å². The number of nitrogens with zero attached hydrogens (tertiary/aromatic N) is 2. The van der Waals surface area contributed by atoms with Gasteiger partial charge >= 0.3 is 0 Å². The Balaban J connectivity index is 2.07. The lowest BCUT2D eigenvalue weighted by atomic mass is 10.1. The molecule has 2 rings (SSSR count). The van der Waals surface area contributed by atoms with Crippen molar-refractivity contribution in [3.8, 4) is 11.4 Å². The van der Waals surface area contributed by atoms with Crippen LogP contribution in [-0.4, -0.2) is 24.2 Å². The topological polar surface area (TPSA) is 53.1 Å². The molecule has 0 saturated heterocycles. The Hall–Kier alpha value is -1.30. The molecular weight excluding hydrogens is 302 g/mol. The van der Waals surface area contributed by atoms with Crippen LogP contribution in [0.15, 0.2) is 30.6 Å². The van der Waals surface area contributed by atoms with Gasteiger partial charge in [-0.3, -0.25) is 0 Å². The van der Waals surface area contributed by atoms with E-state index in [-0.39, 0.29) is 0 Å². The summed E-state index contributed by atoms with van der Waals surface area (Å²) in [7, 11) is -1.06. The number of rotatable bonds is 6. The molecule has 0 aliphatic rings. The van der Waals surface area contributed by atoms with Gasteiger partial charge in [-0.15, -0.1) is 0 Å². The third-order valence-electron chi connectivity index (χ3n) is 3.20. The SMILES string of the molecule is C[Si](C)(C)CCOCn1ccnc1-c1cc(Cl)ccc1N. The fourth-order valence-corrected chi connectivity index (χ4v) is 2.85. The van der Waals surface area contributed by atoms with Crippen LogP contribution < -0.4 is 5.73 Å². The number of aromatic nitrogens is 2. The summed E-state index contributed by atoms with van der Waals surface area (Å²) < 4.78 is 7.72. The summed E-state index contributed by atoms with van der Waals surface area (Å²) in [5.74, 6) is 0.781.